The molecule has 24 heavy (non-hydrogen) atoms. The maximum absolute atomic E-state index is 12.4. The number of hydrogen-bond donors (Lipinski definition) is 2. The van der Waals surface area contributed by atoms with Gasteiger partial charge < -0.3 is 15.2 Å². The molecule has 132 valence electrons. The van der Waals surface area contributed by atoms with E-state index in [1.54, 1.807) is 36.0 Å². The Morgan fingerprint density at radius 2 is 1.88 bits per heavy atom. The number of nitrogens with one attached hydrogen (secondary N) is 1. The van der Waals surface area contributed by atoms with E-state index in [-0.39, 0.29) is 5.91 Å². The first-order valence-corrected chi connectivity index (χ1v) is 9.59. The lowest BCUT2D eigenvalue weighted by atomic mass is 9.92. The molecule has 0 unspecified atom stereocenters. The molecule has 2 N–H and O–H groups in total. The van der Waals surface area contributed by atoms with E-state index >= 15 is 0 Å². The lowest BCUT2D eigenvalue weighted by Gasteiger charge is -2.33. The van der Waals surface area contributed by atoms with Gasteiger partial charge in [-0.15, -0.1) is 0 Å². The number of thioether (sulfide) groups is 1. The van der Waals surface area contributed by atoms with Gasteiger partial charge in [0.2, 0.25) is 0 Å². The van der Waals surface area contributed by atoms with Crippen LogP contribution in [0.4, 0.5) is 0 Å². The summed E-state index contributed by atoms with van der Waals surface area (Å²) in [5.41, 5.74) is -0.688. The summed E-state index contributed by atoms with van der Waals surface area (Å²) >= 11 is 1.72. The van der Waals surface area contributed by atoms with Crippen molar-refractivity contribution in [3.05, 3.63) is 29.8 Å². The van der Waals surface area contributed by atoms with Crippen molar-refractivity contribution in [1.82, 2.24) is 5.32 Å². The van der Waals surface area contributed by atoms with Crippen LogP contribution in [-0.4, -0.2) is 40.6 Å². The number of ether oxygens (including phenoxy) is 1. The lowest BCUT2D eigenvalue weighted by Crippen LogP contribution is -2.56. The number of carboxylic acid groups (broad SMARTS) is 1. The molecule has 1 amide bonds. The van der Waals surface area contributed by atoms with Crippen molar-refractivity contribution >= 4 is 23.6 Å². The summed E-state index contributed by atoms with van der Waals surface area (Å²) in [7, 11) is 0. The predicted octanol–water partition coefficient (Wildman–Crippen LogP) is 3.34. The topological polar surface area (TPSA) is 75.6 Å². The van der Waals surface area contributed by atoms with Gasteiger partial charge in [-0.25, -0.2) is 4.79 Å². The van der Waals surface area contributed by atoms with Gasteiger partial charge in [0.15, 0.2) is 0 Å². The molecule has 1 aromatic rings. The summed E-state index contributed by atoms with van der Waals surface area (Å²) in [6, 6.07) is 6.87. The summed E-state index contributed by atoms with van der Waals surface area (Å²) in [5, 5.41) is 12.3. The van der Waals surface area contributed by atoms with Crippen LogP contribution in [-0.2, 0) is 4.79 Å². The van der Waals surface area contributed by atoms with Crippen molar-refractivity contribution in [2.24, 2.45) is 0 Å². The second kappa shape index (κ2) is 8.97. The van der Waals surface area contributed by atoms with Crippen LogP contribution in [0.1, 0.15) is 49.4 Å². The highest BCUT2D eigenvalue weighted by Crippen LogP contribution is 2.28. The molecule has 5 nitrogen and oxygen atoms in total. The Bertz CT molecular complexity index is 553. The lowest BCUT2D eigenvalue weighted by molar-refractivity contribution is -0.144. The van der Waals surface area contributed by atoms with E-state index in [2.05, 4.69) is 12.2 Å². The van der Waals surface area contributed by atoms with Crippen LogP contribution in [0.2, 0.25) is 0 Å². The zero-order chi connectivity index (χ0) is 17.4. The Balaban J connectivity index is 1.95. The summed E-state index contributed by atoms with van der Waals surface area (Å²) in [6.45, 7) is 2.81. The Morgan fingerprint density at radius 1 is 1.21 bits per heavy atom. The van der Waals surface area contributed by atoms with Gasteiger partial charge in [-0.3, -0.25) is 4.79 Å². The fourth-order valence-electron chi connectivity index (χ4n) is 2.65. The molecule has 0 atom stereocenters. The molecule has 1 fully saturated rings. The van der Waals surface area contributed by atoms with E-state index in [9.17, 15) is 14.7 Å². The highest BCUT2D eigenvalue weighted by atomic mass is 32.2. The minimum absolute atomic E-state index is 0.346. The molecule has 0 saturated carbocycles. The summed E-state index contributed by atoms with van der Waals surface area (Å²) < 4.78 is 5.62. The van der Waals surface area contributed by atoms with Crippen LogP contribution in [0.5, 0.6) is 5.75 Å². The van der Waals surface area contributed by atoms with Crippen LogP contribution >= 0.6 is 11.8 Å². The molecule has 1 saturated heterocycles. The molecule has 1 aliphatic heterocycles. The summed E-state index contributed by atoms with van der Waals surface area (Å²) in [5.74, 6) is 0.923. The van der Waals surface area contributed by atoms with Gasteiger partial charge >= 0.3 is 5.97 Å². The highest BCUT2D eigenvalue weighted by molar-refractivity contribution is 7.99. The van der Waals surface area contributed by atoms with Gasteiger partial charge in [-0.2, -0.15) is 11.8 Å². The van der Waals surface area contributed by atoms with E-state index in [1.807, 2.05) is 0 Å². The van der Waals surface area contributed by atoms with Gasteiger partial charge in [0, 0.05) is 5.56 Å². The van der Waals surface area contributed by atoms with Crippen molar-refractivity contribution < 1.29 is 19.4 Å². The van der Waals surface area contributed by atoms with Crippen LogP contribution in [0.3, 0.4) is 0 Å². The fourth-order valence-corrected chi connectivity index (χ4v) is 3.84. The molecule has 1 aliphatic rings. The van der Waals surface area contributed by atoms with Gasteiger partial charge in [0.25, 0.3) is 5.91 Å². The molecule has 0 bridgehead atoms. The predicted molar refractivity (Wildman–Crippen MR) is 95.9 cm³/mol. The Kier molecular flexibility index (Phi) is 6.97. The zero-order valence-corrected chi connectivity index (χ0v) is 14.9. The Hall–Kier alpha value is -1.69. The third-order valence-electron chi connectivity index (χ3n) is 4.24. The van der Waals surface area contributed by atoms with E-state index in [1.165, 1.54) is 0 Å². The minimum atomic E-state index is -1.14. The van der Waals surface area contributed by atoms with Crippen molar-refractivity contribution in [3.63, 3.8) is 0 Å². The number of unbranched alkanes of at least 4 members (excludes halogenated alkanes) is 2. The molecule has 1 heterocycles. The van der Waals surface area contributed by atoms with Crippen molar-refractivity contribution in [2.75, 3.05) is 18.1 Å². The van der Waals surface area contributed by atoms with Crippen molar-refractivity contribution in [1.29, 1.82) is 0 Å². The van der Waals surface area contributed by atoms with Gasteiger partial charge in [-0.1, -0.05) is 19.8 Å². The fraction of sp³-hybridized carbons (Fsp3) is 0.556. The normalized spacial score (nSPS) is 16.4. The van der Waals surface area contributed by atoms with Crippen molar-refractivity contribution in [2.45, 2.75) is 44.6 Å². The molecule has 0 radical (unpaired) electrons. The smallest absolute Gasteiger partial charge is 0.329 e. The van der Waals surface area contributed by atoms with Crippen LogP contribution < -0.4 is 10.1 Å². The quantitative estimate of drug-likeness (QED) is 0.703. The number of amides is 1. The molecule has 0 aromatic heterocycles. The second-order valence-electron chi connectivity index (χ2n) is 6.03. The number of rotatable bonds is 8. The van der Waals surface area contributed by atoms with Crippen LogP contribution in [0, 0.1) is 0 Å². The molecule has 1 aromatic carbocycles. The standard InChI is InChI=1S/C18H25NO4S/c1-2-3-4-11-23-15-7-5-14(6-8-15)16(20)19-18(17(21)22)9-12-24-13-10-18/h5-8H,2-4,9-13H2,1H3,(H,19,20)(H,21,22). The van der Waals surface area contributed by atoms with E-state index in [0.29, 0.717) is 25.0 Å². The van der Waals surface area contributed by atoms with E-state index in [4.69, 9.17) is 4.74 Å². The molecular formula is C18H25NO4S. The number of carboxylic acids is 1. The van der Waals surface area contributed by atoms with Gasteiger partial charge in [0.05, 0.1) is 6.61 Å². The third-order valence-corrected chi connectivity index (χ3v) is 5.23. The van der Waals surface area contributed by atoms with E-state index < -0.39 is 11.5 Å². The molecule has 6 heteroatoms. The summed E-state index contributed by atoms with van der Waals surface area (Å²) in [6.07, 6.45) is 4.20. The molecule has 2 rings (SSSR count). The van der Waals surface area contributed by atoms with Crippen LogP contribution in [0.25, 0.3) is 0 Å². The average molecular weight is 351 g/mol. The van der Waals surface area contributed by atoms with Crippen LogP contribution in [0.15, 0.2) is 24.3 Å². The first kappa shape index (κ1) is 18.6. The van der Waals surface area contributed by atoms with Gasteiger partial charge in [-0.05, 0) is 55.0 Å². The van der Waals surface area contributed by atoms with Crippen molar-refractivity contribution in [3.8, 4) is 5.75 Å². The minimum Gasteiger partial charge on any atom is -0.494 e. The number of hydrogen-bond acceptors (Lipinski definition) is 4. The molecule has 0 aliphatic carbocycles. The summed E-state index contributed by atoms with van der Waals surface area (Å²) in [4.78, 5) is 24.0. The number of carbonyl (C=O) groups excluding carboxylic acids is 1. The third kappa shape index (κ3) is 4.90. The zero-order valence-electron chi connectivity index (χ0n) is 14.0. The second-order valence-corrected chi connectivity index (χ2v) is 7.26. The number of carbonyl (C=O) groups is 2. The SMILES string of the molecule is CCCCCOc1ccc(C(=O)NC2(C(=O)O)CCSCC2)cc1. The average Bonchev–Trinajstić information content (AvgIpc) is 2.60. The molecule has 0 spiro atoms. The van der Waals surface area contributed by atoms with E-state index in [0.717, 1.165) is 36.5 Å². The Labute approximate surface area is 147 Å². The largest absolute Gasteiger partial charge is 0.494 e. The number of aliphatic carboxylic acids is 1. The van der Waals surface area contributed by atoms with Gasteiger partial charge in [0.1, 0.15) is 11.3 Å². The maximum Gasteiger partial charge on any atom is 0.329 e. The maximum atomic E-state index is 12.4. The molecular weight excluding hydrogens is 326 g/mol. The first-order chi connectivity index (χ1) is 11.6. The Morgan fingerprint density at radius 3 is 2.46 bits per heavy atom. The monoisotopic (exact) mass is 351 g/mol. The highest BCUT2D eigenvalue weighted by Gasteiger charge is 2.41. The first-order valence-electron chi connectivity index (χ1n) is 8.44. The number of benzene rings is 1.